The number of amides is 1. The Hall–Kier alpha value is -1.94. The lowest BCUT2D eigenvalue weighted by Crippen LogP contribution is -2.40. The number of benzene rings is 1. The van der Waals surface area contributed by atoms with Crippen LogP contribution < -0.4 is 0 Å². The molecule has 0 saturated carbocycles. The van der Waals surface area contributed by atoms with Crippen molar-refractivity contribution in [3.8, 4) is 0 Å². The lowest BCUT2D eigenvalue weighted by molar-refractivity contribution is -0.135. The fraction of sp³-hybridized carbons (Fsp3) is 0.375. The van der Waals surface area contributed by atoms with Crippen LogP contribution in [0.2, 0.25) is 0 Å². The zero-order valence-corrected chi connectivity index (χ0v) is 11.4. The van der Waals surface area contributed by atoms with Crippen LogP contribution in [0.4, 0.5) is 0 Å². The van der Waals surface area contributed by atoms with Crippen molar-refractivity contribution in [2.45, 2.75) is 12.8 Å². The van der Waals surface area contributed by atoms with Gasteiger partial charge < -0.3 is 9.64 Å². The van der Waals surface area contributed by atoms with Crippen LogP contribution in [0.1, 0.15) is 12.0 Å². The lowest BCUT2D eigenvalue weighted by Gasteiger charge is -2.26. The summed E-state index contributed by atoms with van der Waals surface area (Å²) in [4.78, 5) is 18.3. The standard InChI is InChI=1S/C16H18N2O2/c19-16(18-8-10-20-11-9-18)6-4-13-3-5-15-14(12-13)2-1-7-17-15/h1-3,5,7,12H,4,6,8-11H2. The Bertz CT molecular complexity index is 606. The Morgan fingerprint density at radius 1 is 1.25 bits per heavy atom. The largest absolute Gasteiger partial charge is 0.378 e. The van der Waals surface area contributed by atoms with Gasteiger partial charge in [-0.3, -0.25) is 9.78 Å². The fourth-order valence-corrected chi connectivity index (χ4v) is 2.50. The molecule has 1 aromatic heterocycles. The van der Waals surface area contributed by atoms with Crippen molar-refractivity contribution in [1.82, 2.24) is 9.88 Å². The topological polar surface area (TPSA) is 42.4 Å². The molecule has 1 aliphatic heterocycles. The summed E-state index contributed by atoms with van der Waals surface area (Å²) in [6.07, 6.45) is 3.14. The van der Waals surface area contributed by atoms with E-state index in [1.165, 1.54) is 5.56 Å². The molecule has 0 radical (unpaired) electrons. The van der Waals surface area contributed by atoms with Gasteiger partial charge in [-0.2, -0.15) is 0 Å². The minimum Gasteiger partial charge on any atom is -0.378 e. The third-order valence-corrected chi connectivity index (χ3v) is 3.66. The van der Waals surface area contributed by atoms with E-state index in [1.807, 2.05) is 17.0 Å². The smallest absolute Gasteiger partial charge is 0.223 e. The van der Waals surface area contributed by atoms with Crippen LogP contribution in [0.25, 0.3) is 10.9 Å². The molecule has 1 amide bonds. The second kappa shape index (κ2) is 6.01. The van der Waals surface area contributed by atoms with Gasteiger partial charge in [-0.1, -0.05) is 12.1 Å². The molecule has 1 aliphatic rings. The van der Waals surface area contributed by atoms with Gasteiger partial charge in [0.25, 0.3) is 0 Å². The molecule has 4 heteroatoms. The quantitative estimate of drug-likeness (QED) is 0.857. The molecule has 1 aromatic carbocycles. The van der Waals surface area contributed by atoms with Crippen LogP contribution in [0.15, 0.2) is 36.5 Å². The van der Waals surface area contributed by atoms with Crippen LogP contribution in [-0.2, 0) is 16.0 Å². The van der Waals surface area contributed by atoms with Gasteiger partial charge in [0.2, 0.25) is 5.91 Å². The summed E-state index contributed by atoms with van der Waals surface area (Å²) < 4.78 is 5.26. The number of carbonyl (C=O) groups is 1. The molecule has 0 N–H and O–H groups in total. The van der Waals surface area contributed by atoms with E-state index >= 15 is 0 Å². The molecule has 1 fully saturated rings. The molecule has 20 heavy (non-hydrogen) atoms. The molecule has 4 nitrogen and oxygen atoms in total. The van der Waals surface area contributed by atoms with Crippen molar-refractivity contribution in [2.24, 2.45) is 0 Å². The van der Waals surface area contributed by atoms with Gasteiger partial charge in [0.15, 0.2) is 0 Å². The monoisotopic (exact) mass is 270 g/mol. The Morgan fingerprint density at radius 3 is 2.95 bits per heavy atom. The van der Waals surface area contributed by atoms with Gasteiger partial charge in [-0.25, -0.2) is 0 Å². The number of carbonyl (C=O) groups excluding carboxylic acids is 1. The SMILES string of the molecule is O=C(CCc1ccc2ncccc2c1)N1CCOCC1. The Morgan fingerprint density at radius 2 is 2.10 bits per heavy atom. The number of ether oxygens (including phenoxy) is 1. The molecule has 0 aliphatic carbocycles. The van der Waals surface area contributed by atoms with E-state index in [1.54, 1.807) is 6.20 Å². The molecule has 0 spiro atoms. The van der Waals surface area contributed by atoms with Crippen molar-refractivity contribution >= 4 is 16.8 Å². The van der Waals surface area contributed by atoms with E-state index in [4.69, 9.17) is 4.74 Å². The van der Waals surface area contributed by atoms with E-state index in [0.29, 0.717) is 19.6 Å². The number of hydrogen-bond acceptors (Lipinski definition) is 3. The maximum atomic E-state index is 12.1. The third kappa shape index (κ3) is 2.96. The zero-order valence-electron chi connectivity index (χ0n) is 11.4. The molecule has 104 valence electrons. The summed E-state index contributed by atoms with van der Waals surface area (Å²) in [6.45, 7) is 2.77. The molecule has 0 atom stereocenters. The number of nitrogens with zero attached hydrogens (tertiary/aromatic N) is 2. The summed E-state index contributed by atoms with van der Waals surface area (Å²) in [7, 11) is 0. The lowest BCUT2D eigenvalue weighted by atomic mass is 10.1. The van der Waals surface area contributed by atoms with Crippen molar-refractivity contribution in [2.75, 3.05) is 26.3 Å². The van der Waals surface area contributed by atoms with Crippen molar-refractivity contribution in [3.05, 3.63) is 42.1 Å². The normalized spacial score (nSPS) is 15.5. The van der Waals surface area contributed by atoms with Crippen LogP contribution in [0.5, 0.6) is 0 Å². The maximum Gasteiger partial charge on any atom is 0.223 e. The van der Waals surface area contributed by atoms with Crippen molar-refractivity contribution in [1.29, 1.82) is 0 Å². The summed E-state index contributed by atoms with van der Waals surface area (Å²) in [5, 5.41) is 1.13. The molecular weight excluding hydrogens is 252 g/mol. The fourth-order valence-electron chi connectivity index (χ4n) is 2.50. The molecule has 2 aromatic rings. The second-order valence-electron chi connectivity index (χ2n) is 5.02. The minimum absolute atomic E-state index is 0.222. The van der Waals surface area contributed by atoms with Crippen LogP contribution in [0.3, 0.4) is 0 Å². The predicted octanol–water partition coefficient (Wildman–Crippen LogP) is 2.03. The molecular formula is C16H18N2O2. The number of aryl methyl sites for hydroxylation is 1. The highest BCUT2D eigenvalue weighted by Crippen LogP contribution is 2.15. The Balaban J connectivity index is 1.62. The highest BCUT2D eigenvalue weighted by atomic mass is 16.5. The van der Waals surface area contributed by atoms with E-state index < -0.39 is 0 Å². The van der Waals surface area contributed by atoms with Gasteiger partial charge >= 0.3 is 0 Å². The summed E-state index contributed by atoms with van der Waals surface area (Å²) in [5.74, 6) is 0.222. The molecule has 3 rings (SSSR count). The first kappa shape index (κ1) is 13.1. The summed E-state index contributed by atoms with van der Waals surface area (Å²) in [5.41, 5.74) is 2.18. The Kier molecular flexibility index (Phi) is 3.92. The highest BCUT2D eigenvalue weighted by Gasteiger charge is 2.16. The number of morpholine rings is 1. The number of fused-ring (bicyclic) bond motifs is 1. The van der Waals surface area contributed by atoms with Crippen LogP contribution in [0, 0.1) is 0 Å². The molecule has 1 saturated heterocycles. The average Bonchev–Trinajstić information content (AvgIpc) is 2.53. The third-order valence-electron chi connectivity index (χ3n) is 3.66. The van der Waals surface area contributed by atoms with Gasteiger partial charge in [0.1, 0.15) is 0 Å². The summed E-state index contributed by atoms with van der Waals surface area (Å²) in [6, 6.07) is 10.2. The highest BCUT2D eigenvalue weighted by molar-refractivity contribution is 5.80. The average molecular weight is 270 g/mol. The predicted molar refractivity (Wildman–Crippen MR) is 77.5 cm³/mol. The van der Waals surface area contributed by atoms with E-state index in [2.05, 4.69) is 23.2 Å². The maximum absolute atomic E-state index is 12.1. The minimum atomic E-state index is 0.222. The first-order valence-corrected chi connectivity index (χ1v) is 7.02. The van der Waals surface area contributed by atoms with E-state index in [-0.39, 0.29) is 5.91 Å². The molecule has 0 unspecified atom stereocenters. The number of hydrogen-bond donors (Lipinski definition) is 0. The van der Waals surface area contributed by atoms with Crippen LogP contribution >= 0.6 is 0 Å². The van der Waals surface area contributed by atoms with Gasteiger partial charge in [0.05, 0.1) is 18.7 Å². The molecule has 2 heterocycles. The van der Waals surface area contributed by atoms with Crippen molar-refractivity contribution < 1.29 is 9.53 Å². The van der Waals surface area contributed by atoms with E-state index in [9.17, 15) is 4.79 Å². The van der Waals surface area contributed by atoms with Gasteiger partial charge in [0, 0.05) is 31.1 Å². The summed E-state index contributed by atoms with van der Waals surface area (Å²) >= 11 is 0. The second-order valence-corrected chi connectivity index (χ2v) is 5.02. The first-order valence-electron chi connectivity index (χ1n) is 7.02. The number of pyridine rings is 1. The van der Waals surface area contributed by atoms with Gasteiger partial charge in [-0.15, -0.1) is 0 Å². The van der Waals surface area contributed by atoms with Gasteiger partial charge in [-0.05, 0) is 30.2 Å². The van der Waals surface area contributed by atoms with Crippen LogP contribution in [-0.4, -0.2) is 42.1 Å². The Labute approximate surface area is 118 Å². The first-order chi connectivity index (χ1) is 9.83. The van der Waals surface area contributed by atoms with E-state index in [0.717, 1.165) is 30.4 Å². The number of rotatable bonds is 3. The molecule has 0 bridgehead atoms. The zero-order chi connectivity index (χ0) is 13.8. The number of aromatic nitrogens is 1. The van der Waals surface area contributed by atoms with Crippen molar-refractivity contribution in [3.63, 3.8) is 0 Å².